The lowest BCUT2D eigenvalue weighted by atomic mass is 9.88. The van der Waals surface area contributed by atoms with Crippen LogP contribution in [0.2, 0.25) is 13.6 Å². The largest absolute Gasteiger partial charge is 0.437 e. The molecule has 1 atom stereocenters. The first-order chi connectivity index (χ1) is 22.4. The molecular weight excluding hydrogens is 648 g/mol. The zero-order chi connectivity index (χ0) is 35.8. The van der Waals surface area contributed by atoms with E-state index in [0.717, 1.165) is 37.5 Å². The van der Waals surface area contributed by atoms with Gasteiger partial charge in [0.15, 0.2) is 5.54 Å². The Labute approximate surface area is 294 Å². The maximum Gasteiger partial charge on any atom is 0.373 e. The minimum atomic E-state index is -0.534. The van der Waals surface area contributed by atoms with Gasteiger partial charge >= 0.3 is 14.1 Å². The molecule has 0 saturated heterocycles. The Kier molecular flexibility index (Phi) is 14.5. The van der Waals surface area contributed by atoms with Crippen LogP contribution >= 0.6 is 23.5 Å². The molecule has 0 fully saturated rings. The predicted molar refractivity (Wildman–Crippen MR) is 196 cm³/mol. The Balaban J connectivity index is 0.000000260. The molecule has 260 valence electrons. The third-order valence-corrected chi connectivity index (χ3v) is 9.75. The van der Waals surface area contributed by atoms with Crippen LogP contribution in [0.5, 0.6) is 0 Å². The van der Waals surface area contributed by atoms with Crippen molar-refractivity contribution in [2.24, 2.45) is 5.11 Å². The van der Waals surface area contributed by atoms with Crippen LogP contribution in [-0.2, 0) is 12.0 Å². The zero-order valence-electron chi connectivity index (χ0n) is 29.9. The number of halogens is 2. The van der Waals surface area contributed by atoms with Gasteiger partial charge in [0.2, 0.25) is 0 Å². The van der Waals surface area contributed by atoms with Crippen LogP contribution in [0.25, 0.3) is 0 Å². The van der Waals surface area contributed by atoms with E-state index in [9.17, 15) is 18.8 Å². The molecular formula is C34H51B2F2N6O2S2+. The molecule has 3 aromatic rings. The smallest absolute Gasteiger partial charge is 0.373 e. The molecule has 4 rings (SSSR count). The second kappa shape index (κ2) is 17.4. The Bertz CT molecular complexity index is 1570. The first kappa shape index (κ1) is 40.0. The van der Waals surface area contributed by atoms with Crippen molar-refractivity contribution in [2.45, 2.75) is 114 Å². The number of aromatic nitrogens is 2. The quantitative estimate of drug-likeness (QED) is 0.116. The summed E-state index contributed by atoms with van der Waals surface area (Å²) >= 11 is 3.17. The van der Waals surface area contributed by atoms with Crippen molar-refractivity contribution < 1.29 is 23.5 Å². The Hall–Kier alpha value is -2.48. The summed E-state index contributed by atoms with van der Waals surface area (Å²) in [5, 5.41) is 35.3. The number of rotatable bonds is 12. The summed E-state index contributed by atoms with van der Waals surface area (Å²) in [6.07, 6.45) is 0.816. The van der Waals surface area contributed by atoms with E-state index in [0.29, 0.717) is 19.6 Å². The molecule has 0 spiro atoms. The van der Waals surface area contributed by atoms with Crippen molar-refractivity contribution in [1.82, 2.24) is 20.2 Å². The van der Waals surface area contributed by atoms with E-state index in [1.54, 1.807) is 61.4 Å². The maximum absolute atomic E-state index is 13.5. The average Bonchev–Trinajstić information content (AvgIpc) is 3.45. The van der Waals surface area contributed by atoms with Gasteiger partial charge in [0.1, 0.15) is 17.7 Å². The third kappa shape index (κ3) is 11.8. The number of hydrogen-bond donors (Lipinski definition) is 4. The Morgan fingerprint density at radius 1 is 0.875 bits per heavy atom. The normalized spacial score (nSPS) is 15.0. The van der Waals surface area contributed by atoms with E-state index < -0.39 is 14.1 Å². The number of azo groups is 2. The second-order valence-corrected chi connectivity index (χ2v) is 16.1. The van der Waals surface area contributed by atoms with E-state index in [-0.39, 0.29) is 28.6 Å². The molecule has 1 unspecified atom stereocenters. The van der Waals surface area contributed by atoms with Crippen molar-refractivity contribution in [2.75, 3.05) is 13.1 Å². The number of thioether (sulfide) groups is 1. The third-order valence-electron chi connectivity index (χ3n) is 7.37. The van der Waals surface area contributed by atoms with E-state index >= 15 is 0 Å². The number of hydrogen-bond acceptors (Lipinski definition) is 8. The van der Waals surface area contributed by atoms with Crippen molar-refractivity contribution >= 4 is 37.6 Å². The molecule has 8 nitrogen and oxygen atoms in total. The van der Waals surface area contributed by atoms with Gasteiger partial charge in [-0.3, -0.25) is 4.68 Å². The van der Waals surface area contributed by atoms with Crippen molar-refractivity contribution in [1.29, 1.82) is 0 Å². The summed E-state index contributed by atoms with van der Waals surface area (Å²) in [4.78, 5) is 2.98. The molecule has 0 amide bonds. The molecule has 0 saturated carbocycles. The summed E-state index contributed by atoms with van der Waals surface area (Å²) < 4.78 is 30.7. The van der Waals surface area contributed by atoms with Gasteiger partial charge in [0.05, 0.1) is 22.8 Å². The SMILES string of the molecule is CB(O)NCCC1N=[N+](C(C)(C)C)C(Sc2cccc(F)c2)=C1C.CB(O)NCCn1nc(C)c(Sc2ccc(F)cc2)c1C(C)(C)C. The lowest BCUT2D eigenvalue weighted by Gasteiger charge is -2.22. The van der Waals surface area contributed by atoms with Gasteiger partial charge in [-0.1, -0.05) is 43.3 Å². The van der Waals surface area contributed by atoms with Gasteiger partial charge < -0.3 is 20.5 Å². The van der Waals surface area contributed by atoms with E-state index in [4.69, 9.17) is 5.11 Å². The Morgan fingerprint density at radius 2 is 1.50 bits per heavy atom. The minimum Gasteiger partial charge on any atom is -0.437 e. The summed E-state index contributed by atoms with van der Waals surface area (Å²) in [7, 11) is -1.05. The van der Waals surface area contributed by atoms with E-state index in [2.05, 4.69) is 64.0 Å². The highest BCUT2D eigenvalue weighted by Gasteiger charge is 2.41. The summed E-state index contributed by atoms with van der Waals surface area (Å²) in [5.74, 6) is -0.458. The molecule has 4 N–H and O–H groups in total. The van der Waals surface area contributed by atoms with Crippen LogP contribution in [-0.4, -0.2) is 63.3 Å². The summed E-state index contributed by atoms with van der Waals surface area (Å²) in [6, 6.07) is 13.3. The van der Waals surface area contributed by atoms with Crippen LogP contribution in [0.15, 0.2) is 78.9 Å². The highest BCUT2D eigenvalue weighted by atomic mass is 32.2. The van der Waals surface area contributed by atoms with Gasteiger partial charge in [-0.25, -0.2) is 8.78 Å². The maximum atomic E-state index is 13.5. The lowest BCUT2D eigenvalue weighted by molar-refractivity contribution is -0.600. The van der Waals surface area contributed by atoms with Gasteiger partial charge in [-0.15, -0.1) is 0 Å². The van der Waals surface area contributed by atoms with Crippen LogP contribution in [0, 0.1) is 18.6 Å². The van der Waals surface area contributed by atoms with Gasteiger partial charge in [-0.05, 0) is 99.8 Å². The van der Waals surface area contributed by atoms with E-state index in [1.807, 2.05) is 22.4 Å². The molecule has 14 heteroatoms. The predicted octanol–water partition coefficient (Wildman–Crippen LogP) is 7.36. The molecule has 1 aromatic heterocycles. The van der Waals surface area contributed by atoms with Crippen LogP contribution in [0.3, 0.4) is 0 Å². The topological polar surface area (TPSA) is 97.7 Å². The zero-order valence-corrected chi connectivity index (χ0v) is 31.6. The van der Waals surface area contributed by atoms with Crippen molar-refractivity contribution in [3.63, 3.8) is 0 Å². The number of nitrogens with zero attached hydrogens (tertiary/aromatic N) is 4. The van der Waals surface area contributed by atoms with Crippen molar-refractivity contribution in [3.8, 4) is 0 Å². The Morgan fingerprint density at radius 3 is 2.06 bits per heavy atom. The number of nitrogens with one attached hydrogen (secondary N) is 2. The summed E-state index contributed by atoms with van der Waals surface area (Å²) in [5.41, 5.74) is 3.08. The first-order valence-corrected chi connectivity index (χ1v) is 18.0. The van der Waals surface area contributed by atoms with Gasteiger partial charge in [0.25, 0.3) is 5.03 Å². The fourth-order valence-corrected chi connectivity index (χ4v) is 7.56. The molecule has 1 aliphatic rings. The fraction of sp³-hybridized carbons (Fsp3) is 0.500. The lowest BCUT2D eigenvalue weighted by Crippen LogP contribution is -2.34. The first-order valence-electron chi connectivity index (χ1n) is 16.4. The monoisotopic (exact) mass is 699 g/mol. The molecule has 0 radical (unpaired) electrons. The van der Waals surface area contributed by atoms with Crippen molar-refractivity contribution in [3.05, 3.63) is 82.2 Å². The molecule has 2 aromatic carbocycles. The van der Waals surface area contributed by atoms with Gasteiger partial charge in [-0.2, -0.15) is 5.10 Å². The van der Waals surface area contributed by atoms with Crippen LogP contribution < -0.4 is 10.5 Å². The van der Waals surface area contributed by atoms with Gasteiger partial charge in [0, 0.05) is 48.1 Å². The van der Waals surface area contributed by atoms with Crippen LogP contribution in [0.1, 0.15) is 66.3 Å². The number of aryl methyl sites for hydroxylation is 1. The fourth-order valence-electron chi connectivity index (χ4n) is 5.11. The standard InChI is InChI=1S/C17H25BFN3OS.C17H26BFN3OS/c1-12-15(24-14-8-6-13(19)7-9-14)16(17(2,3)4)22(21-12)11-10-20-18(5)23;1-12-15(9-10-20-18(5)23)21-22(17(2,3)4)16(12)24-14-8-6-7-13(19)11-14/h6-9,20,23H,10-11H2,1-5H3;6-8,11,15,20,23H,9-10H2,1-5H3/q;+1. The molecule has 0 aliphatic carbocycles. The molecule has 48 heavy (non-hydrogen) atoms. The van der Waals surface area contributed by atoms with E-state index in [1.165, 1.54) is 23.8 Å². The highest BCUT2D eigenvalue weighted by molar-refractivity contribution is 8.02. The molecule has 1 aliphatic heterocycles. The minimum absolute atomic E-state index is 0.0749. The highest BCUT2D eigenvalue weighted by Crippen LogP contribution is 2.40. The molecule has 0 bridgehead atoms. The molecule has 2 heterocycles. The average molecular weight is 700 g/mol. The second-order valence-electron chi connectivity index (χ2n) is 14.0. The number of benzene rings is 2. The van der Waals surface area contributed by atoms with Crippen LogP contribution in [0.4, 0.5) is 8.78 Å². The summed E-state index contributed by atoms with van der Waals surface area (Å²) in [6.45, 7) is 22.4.